The summed E-state index contributed by atoms with van der Waals surface area (Å²) in [6, 6.07) is 8.19. The van der Waals surface area contributed by atoms with Gasteiger partial charge < -0.3 is 24.3 Å². The Bertz CT molecular complexity index is 817. The molecule has 1 N–H and O–H groups in total. The molecule has 1 fully saturated rings. The van der Waals surface area contributed by atoms with Gasteiger partial charge in [-0.3, -0.25) is 4.90 Å². The minimum atomic E-state index is 0.122. The van der Waals surface area contributed by atoms with E-state index in [1.807, 2.05) is 33.8 Å². The van der Waals surface area contributed by atoms with Crippen LogP contribution in [0.5, 0.6) is 23.3 Å². The Balaban J connectivity index is 1.60. The standard InChI is InChI=1S/C24H36N4O4/c1-16(2)31-20-11-18(12-21(13-20)32-17(3)4)15-28-9-7-19(8-10-28)25-24-26-22(29-5)14-23(27-24)30-6/h11-14,16-17,19H,7-10,15H2,1-6H3,(H,25,26,27). The van der Waals surface area contributed by atoms with Gasteiger partial charge in [0.1, 0.15) is 11.5 Å². The highest BCUT2D eigenvalue weighted by molar-refractivity contribution is 5.39. The quantitative estimate of drug-likeness (QED) is 0.586. The molecule has 8 heteroatoms. The molecule has 8 nitrogen and oxygen atoms in total. The van der Waals surface area contributed by atoms with Crippen molar-refractivity contribution in [1.29, 1.82) is 0 Å². The van der Waals surface area contributed by atoms with E-state index in [1.165, 1.54) is 5.56 Å². The van der Waals surface area contributed by atoms with Crippen molar-refractivity contribution in [2.45, 2.75) is 65.3 Å². The number of aromatic nitrogens is 2. The minimum Gasteiger partial charge on any atom is -0.491 e. The molecule has 1 aliphatic heterocycles. The first-order chi connectivity index (χ1) is 15.3. The van der Waals surface area contributed by atoms with Crippen molar-refractivity contribution in [3.63, 3.8) is 0 Å². The van der Waals surface area contributed by atoms with Crippen molar-refractivity contribution in [2.24, 2.45) is 0 Å². The molecular formula is C24H36N4O4. The molecule has 0 saturated carbocycles. The van der Waals surface area contributed by atoms with Gasteiger partial charge in [-0.2, -0.15) is 9.97 Å². The van der Waals surface area contributed by atoms with Crippen LogP contribution in [-0.4, -0.2) is 60.4 Å². The third-order valence-electron chi connectivity index (χ3n) is 5.11. The van der Waals surface area contributed by atoms with Crippen molar-refractivity contribution in [3.8, 4) is 23.3 Å². The lowest BCUT2D eigenvalue weighted by atomic mass is 10.0. The number of anilines is 1. The van der Waals surface area contributed by atoms with E-state index < -0.39 is 0 Å². The van der Waals surface area contributed by atoms with Crippen LogP contribution >= 0.6 is 0 Å². The van der Waals surface area contributed by atoms with Gasteiger partial charge in [-0.05, 0) is 58.2 Å². The van der Waals surface area contributed by atoms with Gasteiger partial charge in [0.05, 0.1) is 32.5 Å². The number of hydrogen-bond acceptors (Lipinski definition) is 8. The molecule has 32 heavy (non-hydrogen) atoms. The van der Waals surface area contributed by atoms with Crippen molar-refractivity contribution in [1.82, 2.24) is 14.9 Å². The van der Waals surface area contributed by atoms with Crippen LogP contribution in [0.25, 0.3) is 0 Å². The third kappa shape index (κ3) is 7.15. The molecule has 0 spiro atoms. The Morgan fingerprint density at radius 3 is 1.88 bits per heavy atom. The summed E-state index contributed by atoms with van der Waals surface area (Å²) in [5.74, 6) is 3.22. The van der Waals surface area contributed by atoms with Crippen molar-refractivity contribution >= 4 is 5.95 Å². The Labute approximate surface area is 191 Å². The van der Waals surface area contributed by atoms with E-state index in [0.29, 0.717) is 23.8 Å². The fraction of sp³-hybridized carbons (Fsp3) is 0.583. The summed E-state index contributed by atoms with van der Waals surface area (Å²) >= 11 is 0. The largest absolute Gasteiger partial charge is 0.491 e. The highest BCUT2D eigenvalue weighted by Gasteiger charge is 2.21. The summed E-state index contributed by atoms with van der Waals surface area (Å²) in [5, 5.41) is 3.43. The first kappa shape index (κ1) is 23.9. The lowest BCUT2D eigenvalue weighted by molar-refractivity contribution is 0.207. The number of ether oxygens (including phenoxy) is 4. The number of nitrogens with zero attached hydrogens (tertiary/aromatic N) is 3. The average molecular weight is 445 g/mol. The van der Waals surface area contributed by atoms with Crippen LogP contribution in [0, 0.1) is 0 Å². The molecule has 3 rings (SSSR count). The maximum absolute atomic E-state index is 5.94. The lowest BCUT2D eigenvalue weighted by Gasteiger charge is -2.32. The molecule has 0 atom stereocenters. The smallest absolute Gasteiger partial charge is 0.229 e. The van der Waals surface area contributed by atoms with E-state index in [-0.39, 0.29) is 12.2 Å². The van der Waals surface area contributed by atoms with Crippen molar-refractivity contribution < 1.29 is 18.9 Å². The van der Waals surface area contributed by atoms with E-state index in [0.717, 1.165) is 44.0 Å². The second-order valence-corrected chi connectivity index (χ2v) is 8.62. The van der Waals surface area contributed by atoms with E-state index >= 15 is 0 Å². The summed E-state index contributed by atoms with van der Waals surface area (Å²) < 4.78 is 22.4. The van der Waals surface area contributed by atoms with Gasteiger partial charge in [-0.25, -0.2) is 0 Å². The normalized spacial score (nSPS) is 15.1. The minimum absolute atomic E-state index is 0.122. The molecule has 0 bridgehead atoms. The van der Waals surface area contributed by atoms with Gasteiger partial charge in [-0.1, -0.05) is 0 Å². The molecule has 0 radical (unpaired) electrons. The summed E-state index contributed by atoms with van der Waals surface area (Å²) in [6.07, 6.45) is 2.24. The summed E-state index contributed by atoms with van der Waals surface area (Å²) in [4.78, 5) is 11.2. The molecule has 0 unspecified atom stereocenters. The molecule has 176 valence electrons. The van der Waals surface area contributed by atoms with Gasteiger partial charge in [0.15, 0.2) is 0 Å². The zero-order valence-corrected chi connectivity index (χ0v) is 20.1. The predicted octanol–water partition coefficient (Wildman–Crippen LogP) is 4.14. The van der Waals surface area contributed by atoms with E-state index in [4.69, 9.17) is 18.9 Å². The maximum atomic E-state index is 5.94. The molecular weight excluding hydrogens is 408 g/mol. The van der Waals surface area contributed by atoms with Gasteiger partial charge in [0.2, 0.25) is 17.7 Å². The van der Waals surface area contributed by atoms with Crippen LogP contribution in [0.3, 0.4) is 0 Å². The van der Waals surface area contributed by atoms with Crippen LogP contribution in [0.2, 0.25) is 0 Å². The highest BCUT2D eigenvalue weighted by Crippen LogP contribution is 2.27. The first-order valence-electron chi connectivity index (χ1n) is 11.3. The summed E-state index contributed by atoms with van der Waals surface area (Å²) in [5.41, 5.74) is 1.20. The molecule has 1 saturated heterocycles. The summed E-state index contributed by atoms with van der Waals surface area (Å²) in [6.45, 7) is 11.0. The van der Waals surface area contributed by atoms with Crippen LogP contribution in [0.15, 0.2) is 24.3 Å². The number of benzene rings is 1. The number of nitrogens with one attached hydrogen (secondary N) is 1. The molecule has 0 aliphatic carbocycles. The molecule has 2 aromatic rings. The second kappa shape index (κ2) is 11.2. The molecule has 1 aromatic carbocycles. The van der Waals surface area contributed by atoms with Crippen molar-refractivity contribution in [3.05, 3.63) is 29.8 Å². The van der Waals surface area contributed by atoms with Crippen molar-refractivity contribution in [2.75, 3.05) is 32.6 Å². The molecule has 1 aliphatic rings. The third-order valence-corrected chi connectivity index (χ3v) is 5.11. The SMILES string of the molecule is COc1cc(OC)nc(NC2CCN(Cc3cc(OC(C)C)cc(OC(C)C)c3)CC2)n1. The second-order valence-electron chi connectivity index (χ2n) is 8.62. The Hall–Kier alpha value is -2.74. The van der Waals surface area contributed by atoms with E-state index in [2.05, 4.69) is 32.3 Å². The van der Waals surface area contributed by atoms with Crippen LogP contribution in [0.4, 0.5) is 5.95 Å². The number of methoxy groups -OCH3 is 2. The van der Waals surface area contributed by atoms with Crippen LogP contribution in [-0.2, 0) is 6.54 Å². The van der Waals surface area contributed by atoms with Gasteiger partial charge >= 0.3 is 0 Å². The van der Waals surface area contributed by atoms with Gasteiger partial charge in [0.25, 0.3) is 0 Å². The fourth-order valence-electron chi connectivity index (χ4n) is 3.76. The molecule has 0 amide bonds. The maximum Gasteiger partial charge on any atom is 0.229 e. The Kier molecular flexibility index (Phi) is 8.39. The van der Waals surface area contributed by atoms with E-state index in [9.17, 15) is 0 Å². The predicted molar refractivity (Wildman–Crippen MR) is 125 cm³/mol. The molecule has 1 aromatic heterocycles. The monoisotopic (exact) mass is 444 g/mol. The van der Waals surface area contributed by atoms with Gasteiger partial charge in [0, 0.05) is 31.7 Å². The zero-order chi connectivity index (χ0) is 23.1. The Morgan fingerprint density at radius 1 is 0.875 bits per heavy atom. The van der Waals surface area contributed by atoms with Crippen LogP contribution in [0.1, 0.15) is 46.1 Å². The summed E-state index contributed by atoms with van der Waals surface area (Å²) in [7, 11) is 3.17. The lowest BCUT2D eigenvalue weighted by Crippen LogP contribution is -2.39. The zero-order valence-electron chi connectivity index (χ0n) is 20.1. The average Bonchev–Trinajstić information content (AvgIpc) is 2.73. The molecule has 2 heterocycles. The number of piperidine rings is 1. The number of likely N-dealkylation sites (tertiary alicyclic amines) is 1. The van der Waals surface area contributed by atoms with Crippen LogP contribution < -0.4 is 24.3 Å². The number of hydrogen-bond donors (Lipinski definition) is 1. The fourth-order valence-corrected chi connectivity index (χ4v) is 3.76. The Morgan fingerprint density at radius 2 is 1.41 bits per heavy atom. The number of rotatable bonds is 10. The van der Waals surface area contributed by atoms with E-state index in [1.54, 1.807) is 20.3 Å². The van der Waals surface area contributed by atoms with Gasteiger partial charge in [-0.15, -0.1) is 0 Å². The first-order valence-corrected chi connectivity index (χ1v) is 11.3. The topological polar surface area (TPSA) is 78.0 Å². The highest BCUT2D eigenvalue weighted by atomic mass is 16.5.